The van der Waals surface area contributed by atoms with Crippen molar-refractivity contribution in [2.24, 2.45) is 0 Å². The number of thiophene rings is 1. The highest BCUT2D eigenvalue weighted by Gasteiger charge is 2.33. The van der Waals surface area contributed by atoms with E-state index in [1.165, 1.54) is 10.4 Å². The maximum atomic E-state index is 13.1. The number of fused-ring (bicyclic) bond motifs is 3. The van der Waals surface area contributed by atoms with Crippen LogP contribution in [0.25, 0.3) is 0 Å². The van der Waals surface area contributed by atoms with Crippen molar-refractivity contribution >= 4 is 22.2 Å². The van der Waals surface area contributed by atoms with Gasteiger partial charge in [0.25, 0.3) is 5.91 Å². The third-order valence-corrected chi connectivity index (χ3v) is 7.35. The first-order valence-corrected chi connectivity index (χ1v) is 12.4. The van der Waals surface area contributed by atoms with Gasteiger partial charge in [-0.1, -0.05) is 43.3 Å². The van der Waals surface area contributed by atoms with E-state index >= 15 is 0 Å². The first-order valence-electron chi connectivity index (χ1n) is 11.5. The summed E-state index contributed by atoms with van der Waals surface area (Å²) >= 11 is 1.71. The number of ether oxygens (including phenoxy) is 2. The van der Waals surface area contributed by atoms with Gasteiger partial charge < -0.3 is 20.1 Å². The lowest BCUT2D eigenvalue weighted by atomic mass is 10.0. The third-order valence-electron chi connectivity index (χ3n) is 6.20. The fourth-order valence-electron chi connectivity index (χ4n) is 4.43. The molecule has 3 aromatic rings. The molecule has 2 aliphatic heterocycles. The predicted molar refractivity (Wildman–Crippen MR) is 131 cm³/mol. The quantitative estimate of drug-likeness (QED) is 0.519. The Labute approximate surface area is 198 Å². The Morgan fingerprint density at radius 2 is 1.91 bits per heavy atom. The highest BCUT2D eigenvalue weighted by molar-refractivity contribution is 7.16. The highest BCUT2D eigenvalue weighted by Crippen LogP contribution is 2.41. The molecule has 172 valence electrons. The number of anilines is 1. The van der Waals surface area contributed by atoms with Gasteiger partial charge in [0.2, 0.25) is 0 Å². The van der Waals surface area contributed by atoms with Gasteiger partial charge >= 0.3 is 0 Å². The van der Waals surface area contributed by atoms with E-state index in [9.17, 15) is 4.79 Å². The van der Waals surface area contributed by atoms with Gasteiger partial charge in [-0.05, 0) is 48.7 Å². The van der Waals surface area contributed by atoms with Gasteiger partial charge in [0.05, 0.1) is 12.2 Å². The zero-order valence-electron chi connectivity index (χ0n) is 19.0. The Balaban J connectivity index is 1.37. The van der Waals surface area contributed by atoms with Crippen LogP contribution < -0.4 is 20.1 Å². The Kier molecular flexibility index (Phi) is 6.24. The number of nitrogens with one attached hydrogen (secondary N) is 2. The minimum atomic E-state index is -0.310. The van der Waals surface area contributed by atoms with Crippen molar-refractivity contribution in [3.05, 3.63) is 75.7 Å². The van der Waals surface area contributed by atoms with Crippen LogP contribution in [0.5, 0.6) is 11.5 Å². The summed E-state index contributed by atoms with van der Waals surface area (Å²) in [5.74, 6) is 1.37. The first kappa shape index (κ1) is 21.8. The zero-order chi connectivity index (χ0) is 22.8. The second kappa shape index (κ2) is 9.45. The van der Waals surface area contributed by atoms with Crippen molar-refractivity contribution in [2.45, 2.75) is 39.6 Å². The average molecular weight is 464 g/mol. The number of carbonyl (C=O) groups excluding carboxylic acids is 1. The van der Waals surface area contributed by atoms with E-state index in [-0.39, 0.29) is 12.1 Å². The van der Waals surface area contributed by atoms with Crippen LogP contribution in [0.4, 0.5) is 5.00 Å². The summed E-state index contributed by atoms with van der Waals surface area (Å²) in [5.41, 5.74) is 4.07. The fraction of sp³-hybridized carbons (Fsp3) is 0.346. The Hall–Kier alpha value is -3.03. The van der Waals surface area contributed by atoms with Gasteiger partial charge in [-0.15, -0.1) is 11.3 Å². The monoisotopic (exact) mass is 463 g/mol. The predicted octanol–water partition coefficient (Wildman–Crippen LogP) is 4.96. The summed E-state index contributed by atoms with van der Waals surface area (Å²) in [6.07, 6.45) is 0.617. The summed E-state index contributed by atoms with van der Waals surface area (Å²) in [6.45, 7) is 8.10. The highest BCUT2D eigenvalue weighted by atomic mass is 32.1. The number of hydrogen-bond donors (Lipinski definition) is 2. The summed E-state index contributed by atoms with van der Waals surface area (Å²) in [4.78, 5) is 16.8. The lowest BCUT2D eigenvalue weighted by Gasteiger charge is -2.28. The Morgan fingerprint density at radius 1 is 1.06 bits per heavy atom. The van der Waals surface area contributed by atoms with E-state index in [1.807, 2.05) is 55.5 Å². The topological polar surface area (TPSA) is 62.8 Å². The van der Waals surface area contributed by atoms with Gasteiger partial charge in [-0.25, -0.2) is 0 Å². The minimum Gasteiger partial charge on any atom is -0.490 e. The van der Waals surface area contributed by atoms with E-state index < -0.39 is 0 Å². The SMILES string of the molecule is CCOc1cc(C2NC(=O)c3c(sc4c3CCN(CC)C4)N2)ccc1OCc1ccccc1. The van der Waals surface area contributed by atoms with Crippen molar-refractivity contribution in [1.82, 2.24) is 10.2 Å². The average Bonchev–Trinajstić information content (AvgIpc) is 3.22. The second-order valence-electron chi connectivity index (χ2n) is 8.29. The summed E-state index contributed by atoms with van der Waals surface area (Å²) < 4.78 is 11.9. The number of nitrogens with zero attached hydrogens (tertiary/aromatic N) is 1. The normalized spacial score (nSPS) is 17.5. The molecule has 1 aromatic heterocycles. The lowest BCUT2D eigenvalue weighted by molar-refractivity contribution is 0.0934. The van der Waals surface area contributed by atoms with Crippen LogP contribution in [-0.4, -0.2) is 30.5 Å². The summed E-state index contributed by atoms with van der Waals surface area (Å²) in [7, 11) is 0. The summed E-state index contributed by atoms with van der Waals surface area (Å²) in [5, 5.41) is 7.66. The first-order chi connectivity index (χ1) is 16.2. The number of likely N-dealkylation sites (N-methyl/N-ethyl adjacent to an activating group) is 1. The van der Waals surface area contributed by atoms with E-state index in [4.69, 9.17) is 9.47 Å². The standard InChI is InChI=1S/C26H29N3O3S/c1-3-29-13-12-19-22(15-29)33-26-23(19)25(30)27-24(28-26)18-10-11-20(21(14-18)31-4-2)32-16-17-8-6-5-7-9-17/h5-11,14,24,28H,3-4,12-13,15-16H2,1-2H3,(H,27,30). The molecule has 1 amide bonds. The molecule has 1 unspecified atom stereocenters. The number of hydrogen-bond acceptors (Lipinski definition) is 6. The second-order valence-corrected chi connectivity index (χ2v) is 9.40. The number of carbonyl (C=O) groups is 1. The van der Waals surface area contributed by atoms with Crippen molar-refractivity contribution in [3.63, 3.8) is 0 Å². The van der Waals surface area contributed by atoms with E-state index in [0.29, 0.717) is 24.7 Å². The molecular formula is C26H29N3O3S. The Morgan fingerprint density at radius 3 is 2.70 bits per heavy atom. The van der Waals surface area contributed by atoms with E-state index in [0.717, 1.165) is 47.7 Å². The lowest BCUT2D eigenvalue weighted by Crippen LogP contribution is -2.38. The number of amides is 1. The van der Waals surface area contributed by atoms with Crippen molar-refractivity contribution in [1.29, 1.82) is 0 Å². The van der Waals surface area contributed by atoms with Crippen LogP contribution >= 0.6 is 11.3 Å². The molecule has 5 rings (SSSR count). The van der Waals surface area contributed by atoms with Crippen LogP contribution in [0.3, 0.4) is 0 Å². The summed E-state index contributed by atoms with van der Waals surface area (Å²) in [6, 6.07) is 15.9. The van der Waals surface area contributed by atoms with Crippen LogP contribution in [-0.2, 0) is 19.6 Å². The molecule has 6 nitrogen and oxygen atoms in total. The smallest absolute Gasteiger partial charge is 0.256 e. The molecule has 0 radical (unpaired) electrons. The molecule has 0 fully saturated rings. The van der Waals surface area contributed by atoms with Crippen LogP contribution in [0.1, 0.15) is 51.9 Å². The maximum absolute atomic E-state index is 13.1. The molecular weight excluding hydrogens is 434 g/mol. The van der Waals surface area contributed by atoms with Crippen LogP contribution in [0.15, 0.2) is 48.5 Å². The van der Waals surface area contributed by atoms with Gasteiger partial charge in [0.15, 0.2) is 11.5 Å². The van der Waals surface area contributed by atoms with Gasteiger partial charge in [-0.2, -0.15) is 0 Å². The van der Waals surface area contributed by atoms with Gasteiger partial charge in [0.1, 0.15) is 17.8 Å². The van der Waals surface area contributed by atoms with E-state index in [1.54, 1.807) is 11.3 Å². The zero-order valence-corrected chi connectivity index (χ0v) is 19.8. The fourth-order valence-corrected chi connectivity index (χ4v) is 5.75. The largest absolute Gasteiger partial charge is 0.490 e. The van der Waals surface area contributed by atoms with Gasteiger partial charge in [-0.3, -0.25) is 9.69 Å². The van der Waals surface area contributed by atoms with Crippen molar-refractivity contribution in [3.8, 4) is 11.5 Å². The molecule has 2 aromatic carbocycles. The third kappa shape index (κ3) is 4.43. The van der Waals surface area contributed by atoms with Crippen LogP contribution in [0, 0.1) is 0 Å². The number of rotatable bonds is 7. The molecule has 0 aliphatic carbocycles. The molecule has 1 atom stereocenters. The Bertz CT molecular complexity index is 1150. The van der Waals surface area contributed by atoms with Gasteiger partial charge in [0, 0.05) is 18.0 Å². The number of benzene rings is 2. The molecule has 0 spiro atoms. The maximum Gasteiger partial charge on any atom is 0.256 e. The molecule has 7 heteroatoms. The van der Waals surface area contributed by atoms with Crippen LogP contribution in [0.2, 0.25) is 0 Å². The molecule has 0 saturated carbocycles. The van der Waals surface area contributed by atoms with E-state index in [2.05, 4.69) is 22.5 Å². The molecule has 0 saturated heterocycles. The van der Waals surface area contributed by atoms with Crippen molar-refractivity contribution < 1.29 is 14.3 Å². The minimum absolute atomic E-state index is 0.00133. The molecule has 33 heavy (non-hydrogen) atoms. The molecule has 2 aliphatic rings. The molecule has 2 N–H and O–H groups in total. The molecule has 3 heterocycles. The van der Waals surface area contributed by atoms with Crippen molar-refractivity contribution in [2.75, 3.05) is 25.0 Å². The molecule has 0 bridgehead atoms.